The SMILES string of the molecule is CCN(CCN)C(C)c1cccc(C(F)(F)F)c1. The molecule has 18 heavy (non-hydrogen) atoms. The molecule has 1 unspecified atom stereocenters. The number of nitrogens with two attached hydrogens (primary N) is 1. The second kappa shape index (κ2) is 6.20. The Balaban J connectivity index is 2.95. The number of alkyl halides is 3. The molecule has 2 nitrogen and oxygen atoms in total. The summed E-state index contributed by atoms with van der Waals surface area (Å²) in [5, 5.41) is 0. The zero-order valence-corrected chi connectivity index (χ0v) is 10.7. The molecule has 0 amide bonds. The molecule has 0 aliphatic carbocycles. The van der Waals surface area contributed by atoms with Crippen LogP contribution in [0.15, 0.2) is 24.3 Å². The van der Waals surface area contributed by atoms with Gasteiger partial charge in [0.05, 0.1) is 5.56 Å². The largest absolute Gasteiger partial charge is 0.416 e. The van der Waals surface area contributed by atoms with E-state index in [0.717, 1.165) is 12.6 Å². The van der Waals surface area contributed by atoms with Crippen LogP contribution in [0.3, 0.4) is 0 Å². The van der Waals surface area contributed by atoms with Crippen LogP contribution in [0, 0.1) is 0 Å². The van der Waals surface area contributed by atoms with Crippen LogP contribution in [0.5, 0.6) is 0 Å². The maximum Gasteiger partial charge on any atom is 0.416 e. The van der Waals surface area contributed by atoms with Gasteiger partial charge >= 0.3 is 6.18 Å². The van der Waals surface area contributed by atoms with E-state index in [2.05, 4.69) is 4.90 Å². The van der Waals surface area contributed by atoms with Crippen molar-refractivity contribution in [2.45, 2.75) is 26.1 Å². The van der Waals surface area contributed by atoms with Crippen molar-refractivity contribution in [2.24, 2.45) is 5.73 Å². The van der Waals surface area contributed by atoms with Crippen molar-refractivity contribution in [2.75, 3.05) is 19.6 Å². The first-order valence-electron chi connectivity index (χ1n) is 6.01. The molecule has 0 aromatic heterocycles. The molecule has 0 radical (unpaired) electrons. The number of nitrogens with zero attached hydrogens (tertiary/aromatic N) is 1. The molecule has 0 saturated heterocycles. The second-order valence-electron chi connectivity index (χ2n) is 4.22. The summed E-state index contributed by atoms with van der Waals surface area (Å²) in [7, 11) is 0. The lowest BCUT2D eigenvalue weighted by Gasteiger charge is -2.28. The highest BCUT2D eigenvalue weighted by Gasteiger charge is 2.30. The standard InChI is InChI=1S/C13H19F3N2/c1-3-18(8-7-17)10(2)11-5-4-6-12(9-11)13(14,15)16/h4-6,9-10H,3,7-8,17H2,1-2H3. The normalized spacial score (nSPS) is 13.9. The van der Waals surface area contributed by atoms with E-state index in [9.17, 15) is 13.2 Å². The van der Waals surface area contributed by atoms with Crippen molar-refractivity contribution in [1.29, 1.82) is 0 Å². The molecule has 0 saturated carbocycles. The Morgan fingerprint density at radius 3 is 2.50 bits per heavy atom. The average molecular weight is 260 g/mol. The number of halogens is 3. The van der Waals surface area contributed by atoms with Gasteiger partial charge < -0.3 is 5.73 Å². The lowest BCUT2D eigenvalue weighted by molar-refractivity contribution is -0.137. The summed E-state index contributed by atoms with van der Waals surface area (Å²) in [4.78, 5) is 2.05. The molecule has 2 N–H and O–H groups in total. The molecular formula is C13H19F3N2. The van der Waals surface area contributed by atoms with Crippen LogP contribution in [-0.2, 0) is 6.18 Å². The van der Waals surface area contributed by atoms with Crippen molar-refractivity contribution in [3.63, 3.8) is 0 Å². The Kier molecular flexibility index (Phi) is 5.16. The Bertz CT molecular complexity index is 377. The van der Waals surface area contributed by atoms with Gasteiger partial charge in [-0.15, -0.1) is 0 Å². The van der Waals surface area contributed by atoms with Crippen LogP contribution in [0.4, 0.5) is 13.2 Å². The predicted molar refractivity (Wildman–Crippen MR) is 66.2 cm³/mol. The molecular weight excluding hydrogens is 241 g/mol. The van der Waals surface area contributed by atoms with Gasteiger partial charge in [0, 0.05) is 19.1 Å². The second-order valence-corrected chi connectivity index (χ2v) is 4.22. The first kappa shape index (κ1) is 15.0. The van der Waals surface area contributed by atoms with E-state index in [1.165, 1.54) is 12.1 Å². The third-order valence-electron chi connectivity index (χ3n) is 3.07. The van der Waals surface area contributed by atoms with Gasteiger partial charge in [-0.3, -0.25) is 4.90 Å². The van der Waals surface area contributed by atoms with E-state index in [1.807, 2.05) is 13.8 Å². The topological polar surface area (TPSA) is 29.3 Å². The summed E-state index contributed by atoms with van der Waals surface area (Å²) in [6.07, 6.45) is -4.29. The van der Waals surface area contributed by atoms with Gasteiger partial charge in [-0.2, -0.15) is 13.2 Å². The molecule has 0 spiro atoms. The van der Waals surface area contributed by atoms with Crippen LogP contribution in [0.1, 0.15) is 31.0 Å². The van der Waals surface area contributed by atoms with E-state index in [1.54, 1.807) is 6.07 Å². The lowest BCUT2D eigenvalue weighted by Crippen LogP contribution is -2.32. The van der Waals surface area contributed by atoms with Gasteiger partial charge in [0.1, 0.15) is 0 Å². The minimum atomic E-state index is -4.29. The van der Waals surface area contributed by atoms with Gasteiger partial charge in [-0.05, 0) is 31.2 Å². The third-order valence-corrected chi connectivity index (χ3v) is 3.07. The summed E-state index contributed by atoms with van der Waals surface area (Å²) in [6, 6.07) is 5.41. The molecule has 1 rings (SSSR count). The maximum absolute atomic E-state index is 12.6. The Labute approximate surface area is 106 Å². The van der Waals surface area contributed by atoms with Gasteiger partial charge in [-0.1, -0.05) is 19.1 Å². The number of hydrogen-bond acceptors (Lipinski definition) is 2. The quantitative estimate of drug-likeness (QED) is 0.881. The minimum Gasteiger partial charge on any atom is -0.329 e. The zero-order valence-electron chi connectivity index (χ0n) is 10.7. The lowest BCUT2D eigenvalue weighted by atomic mass is 10.0. The van der Waals surface area contributed by atoms with Crippen molar-refractivity contribution in [1.82, 2.24) is 4.90 Å². The maximum atomic E-state index is 12.6. The van der Waals surface area contributed by atoms with Gasteiger partial charge in [-0.25, -0.2) is 0 Å². The van der Waals surface area contributed by atoms with E-state index in [4.69, 9.17) is 5.73 Å². The summed E-state index contributed by atoms with van der Waals surface area (Å²) >= 11 is 0. The summed E-state index contributed by atoms with van der Waals surface area (Å²) in [5.74, 6) is 0. The fraction of sp³-hybridized carbons (Fsp3) is 0.538. The van der Waals surface area contributed by atoms with Crippen molar-refractivity contribution in [3.8, 4) is 0 Å². The minimum absolute atomic E-state index is 0.0687. The fourth-order valence-corrected chi connectivity index (χ4v) is 1.98. The number of rotatable bonds is 5. The van der Waals surface area contributed by atoms with Crippen LogP contribution in [0.2, 0.25) is 0 Å². The van der Waals surface area contributed by atoms with Crippen molar-refractivity contribution >= 4 is 0 Å². The molecule has 1 aromatic carbocycles. The van der Waals surface area contributed by atoms with Gasteiger partial charge in [0.2, 0.25) is 0 Å². The smallest absolute Gasteiger partial charge is 0.329 e. The summed E-state index contributed by atoms with van der Waals surface area (Å²) in [6.45, 7) is 5.80. The Morgan fingerprint density at radius 2 is 2.00 bits per heavy atom. The van der Waals surface area contributed by atoms with Crippen LogP contribution < -0.4 is 5.73 Å². The average Bonchev–Trinajstić information content (AvgIpc) is 2.34. The first-order valence-corrected chi connectivity index (χ1v) is 6.01. The van der Waals surface area contributed by atoms with E-state index in [0.29, 0.717) is 18.7 Å². The third kappa shape index (κ3) is 3.71. The van der Waals surface area contributed by atoms with E-state index >= 15 is 0 Å². The summed E-state index contributed by atoms with van der Waals surface area (Å²) in [5.41, 5.74) is 5.56. The van der Waals surface area contributed by atoms with Gasteiger partial charge in [0.25, 0.3) is 0 Å². The number of likely N-dealkylation sites (N-methyl/N-ethyl adjacent to an activating group) is 1. The van der Waals surface area contributed by atoms with Gasteiger partial charge in [0.15, 0.2) is 0 Å². The highest BCUT2D eigenvalue weighted by Crippen LogP contribution is 2.31. The monoisotopic (exact) mass is 260 g/mol. The molecule has 1 aromatic rings. The molecule has 0 aliphatic rings. The molecule has 1 atom stereocenters. The predicted octanol–water partition coefficient (Wildman–Crippen LogP) is 3.05. The van der Waals surface area contributed by atoms with E-state index in [-0.39, 0.29) is 6.04 Å². The highest BCUT2D eigenvalue weighted by atomic mass is 19.4. The molecule has 0 bridgehead atoms. The van der Waals surface area contributed by atoms with Crippen molar-refractivity contribution < 1.29 is 13.2 Å². The first-order chi connectivity index (χ1) is 8.40. The number of benzene rings is 1. The van der Waals surface area contributed by atoms with Crippen LogP contribution in [-0.4, -0.2) is 24.5 Å². The molecule has 0 fully saturated rings. The molecule has 102 valence electrons. The highest BCUT2D eigenvalue weighted by molar-refractivity contribution is 5.27. The Morgan fingerprint density at radius 1 is 1.33 bits per heavy atom. The van der Waals surface area contributed by atoms with Crippen LogP contribution >= 0.6 is 0 Å². The van der Waals surface area contributed by atoms with E-state index < -0.39 is 11.7 Å². The summed E-state index contributed by atoms with van der Waals surface area (Å²) < 4.78 is 37.9. The fourth-order valence-electron chi connectivity index (χ4n) is 1.98. The van der Waals surface area contributed by atoms with Crippen molar-refractivity contribution in [3.05, 3.63) is 35.4 Å². The number of hydrogen-bond donors (Lipinski definition) is 1. The Hall–Kier alpha value is -1.07. The molecule has 0 aliphatic heterocycles. The van der Waals surface area contributed by atoms with Crippen LogP contribution in [0.25, 0.3) is 0 Å². The molecule has 0 heterocycles. The zero-order chi connectivity index (χ0) is 13.8. The molecule has 5 heteroatoms.